The molecule has 0 aromatic heterocycles. The number of carbonyl (C=O) groups excluding carboxylic acids is 1. The molecule has 21 heavy (non-hydrogen) atoms. The smallest absolute Gasteiger partial charge is 0.321 e. The Balaban J connectivity index is 1.95. The van der Waals surface area contributed by atoms with E-state index in [-0.39, 0.29) is 6.03 Å². The van der Waals surface area contributed by atoms with Gasteiger partial charge >= 0.3 is 6.03 Å². The first-order chi connectivity index (χ1) is 10.0. The number of likely N-dealkylation sites (N-methyl/N-ethyl adjacent to an activating group) is 1. The fourth-order valence-electron chi connectivity index (χ4n) is 2.70. The van der Waals surface area contributed by atoms with Crippen LogP contribution in [0.1, 0.15) is 6.42 Å². The maximum atomic E-state index is 12.3. The quantitative estimate of drug-likeness (QED) is 0.675. The molecule has 114 valence electrons. The normalized spacial score (nSPS) is 22.5. The number of quaternary nitrogens is 1. The van der Waals surface area contributed by atoms with E-state index in [1.807, 2.05) is 23.1 Å². The molecule has 0 aliphatic carbocycles. The fraction of sp³-hybridized carbons (Fsp3) is 0.438. The van der Waals surface area contributed by atoms with Crippen LogP contribution in [0, 0.1) is 0 Å². The second kappa shape index (κ2) is 6.96. The van der Waals surface area contributed by atoms with Crippen molar-refractivity contribution < 1.29 is 9.28 Å². The van der Waals surface area contributed by atoms with Crippen LogP contribution in [0.2, 0.25) is 5.02 Å². The van der Waals surface area contributed by atoms with Crippen LogP contribution in [-0.4, -0.2) is 55.2 Å². The zero-order valence-corrected chi connectivity index (χ0v) is 13.3. The molecule has 0 bridgehead atoms. The first-order valence-electron chi connectivity index (χ1n) is 7.28. The summed E-state index contributed by atoms with van der Waals surface area (Å²) in [4.78, 5) is 14.2. The lowest BCUT2D eigenvalue weighted by Crippen LogP contribution is -2.47. The van der Waals surface area contributed by atoms with Gasteiger partial charge in [-0.15, -0.1) is 0 Å². The predicted octanol–water partition coefficient (Wildman–Crippen LogP) is 3.21. The van der Waals surface area contributed by atoms with Crippen molar-refractivity contribution in [1.29, 1.82) is 0 Å². The maximum absolute atomic E-state index is 12.3. The molecule has 5 heteroatoms. The van der Waals surface area contributed by atoms with Crippen molar-refractivity contribution in [1.82, 2.24) is 4.90 Å². The van der Waals surface area contributed by atoms with Crippen molar-refractivity contribution in [2.75, 3.05) is 45.1 Å². The van der Waals surface area contributed by atoms with Crippen LogP contribution >= 0.6 is 11.6 Å². The van der Waals surface area contributed by atoms with Gasteiger partial charge in [0.2, 0.25) is 0 Å². The van der Waals surface area contributed by atoms with E-state index in [1.54, 1.807) is 12.1 Å². The maximum Gasteiger partial charge on any atom is 0.322 e. The first kappa shape index (κ1) is 15.9. The molecule has 1 aromatic rings. The molecule has 1 aliphatic rings. The number of carbonyl (C=O) groups is 1. The van der Waals surface area contributed by atoms with E-state index >= 15 is 0 Å². The number of amides is 2. The summed E-state index contributed by atoms with van der Waals surface area (Å²) in [6, 6.07) is 7.18. The molecule has 1 saturated heterocycles. The number of halogens is 1. The summed E-state index contributed by atoms with van der Waals surface area (Å²) in [5.41, 5.74) is 0.736. The van der Waals surface area contributed by atoms with Crippen LogP contribution in [-0.2, 0) is 0 Å². The van der Waals surface area contributed by atoms with Gasteiger partial charge in [-0.25, -0.2) is 4.79 Å². The molecule has 1 fully saturated rings. The van der Waals surface area contributed by atoms with Crippen molar-refractivity contribution in [3.8, 4) is 0 Å². The Kier molecular flexibility index (Phi) is 5.26. The molecule has 2 rings (SSSR count). The van der Waals surface area contributed by atoms with E-state index in [0.717, 1.165) is 49.3 Å². The highest BCUT2D eigenvalue weighted by Gasteiger charge is 2.27. The molecule has 0 radical (unpaired) electrons. The van der Waals surface area contributed by atoms with Gasteiger partial charge in [0, 0.05) is 23.7 Å². The van der Waals surface area contributed by atoms with Gasteiger partial charge < -0.3 is 14.7 Å². The van der Waals surface area contributed by atoms with Crippen molar-refractivity contribution in [3.05, 3.63) is 41.9 Å². The molecule has 1 atom stereocenters. The highest BCUT2D eigenvalue weighted by atomic mass is 35.5. The van der Waals surface area contributed by atoms with E-state index in [0.29, 0.717) is 5.02 Å². The first-order valence-corrected chi connectivity index (χ1v) is 7.66. The summed E-state index contributed by atoms with van der Waals surface area (Å²) in [5.74, 6) is 0. The molecular weight excluding hydrogens is 286 g/mol. The molecule has 1 N–H and O–H groups in total. The third-order valence-electron chi connectivity index (χ3n) is 3.97. The summed E-state index contributed by atoms with van der Waals surface area (Å²) in [7, 11) is 2.22. The lowest BCUT2D eigenvalue weighted by molar-refractivity contribution is -0.901. The highest BCUT2D eigenvalue weighted by molar-refractivity contribution is 6.30. The Morgan fingerprint density at radius 1 is 1.48 bits per heavy atom. The summed E-state index contributed by atoms with van der Waals surface area (Å²) in [5, 5.41) is 3.54. The molecule has 0 saturated carbocycles. The van der Waals surface area contributed by atoms with Gasteiger partial charge in [0.25, 0.3) is 0 Å². The van der Waals surface area contributed by atoms with Crippen LogP contribution in [0.4, 0.5) is 10.5 Å². The minimum atomic E-state index is -0.0516. The van der Waals surface area contributed by atoms with Crippen molar-refractivity contribution in [3.63, 3.8) is 0 Å². The van der Waals surface area contributed by atoms with Gasteiger partial charge in [-0.3, -0.25) is 0 Å². The Morgan fingerprint density at radius 2 is 2.29 bits per heavy atom. The van der Waals surface area contributed by atoms with Gasteiger partial charge in [0.1, 0.15) is 0 Å². The molecule has 1 unspecified atom stereocenters. The van der Waals surface area contributed by atoms with Crippen LogP contribution in [0.15, 0.2) is 36.9 Å². The van der Waals surface area contributed by atoms with E-state index in [4.69, 9.17) is 11.6 Å². The van der Waals surface area contributed by atoms with Gasteiger partial charge in [-0.2, -0.15) is 0 Å². The number of hydrogen-bond donors (Lipinski definition) is 1. The third kappa shape index (κ3) is 4.48. The van der Waals surface area contributed by atoms with Crippen molar-refractivity contribution in [2.45, 2.75) is 6.42 Å². The lowest BCUT2D eigenvalue weighted by Gasteiger charge is -2.32. The molecule has 4 nitrogen and oxygen atoms in total. The molecular formula is C16H23ClN3O+. The highest BCUT2D eigenvalue weighted by Crippen LogP contribution is 2.16. The second-order valence-electron chi connectivity index (χ2n) is 5.82. The standard InChI is InChI=1S/C16H22ClN3O/c1-3-10-20(2)11-5-8-19(9-12-20)16(21)18-15-7-4-6-14(17)13-15/h3-4,6-7,13H,1,5,8-12H2,2H3/p+1. The van der Waals surface area contributed by atoms with E-state index in [9.17, 15) is 4.79 Å². The van der Waals surface area contributed by atoms with Crippen molar-refractivity contribution >= 4 is 23.3 Å². The number of nitrogens with one attached hydrogen (secondary N) is 1. The number of urea groups is 1. The molecule has 1 aliphatic heterocycles. The zero-order valence-electron chi connectivity index (χ0n) is 12.5. The Morgan fingerprint density at radius 3 is 3.00 bits per heavy atom. The van der Waals surface area contributed by atoms with Gasteiger partial charge in [0.15, 0.2) is 0 Å². The topological polar surface area (TPSA) is 32.3 Å². The summed E-state index contributed by atoms with van der Waals surface area (Å²) < 4.78 is 0.949. The van der Waals surface area contributed by atoms with E-state index in [1.165, 1.54) is 0 Å². The number of anilines is 1. The SMILES string of the molecule is C=CC[N+]1(C)CCCN(C(=O)Nc2cccc(Cl)c2)CC1. The monoisotopic (exact) mass is 308 g/mol. The molecule has 1 aromatic carbocycles. The second-order valence-corrected chi connectivity index (χ2v) is 6.26. The fourth-order valence-corrected chi connectivity index (χ4v) is 2.89. The average Bonchev–Trinajstić information content (AvgIpc) is 2.61. The zero-order chi connectivity index (χ0) is 15.3. The van der Waals surface area contributed by atoms with Crippen LogP contribution < -0.4 is 5.32 Å². The number of benzene rings is 1. The minimum absolute atomic E-state index is 0.0516. The number of rotatable bonds is 3. The minimum Gasteiger partial charge on any atom is -0.321 e. The summed E-state index contributed by atoms with van der Waals surface area (Å²) in [6.07, 6.45) is 2.97. The Labute approximate surface area is 131 Å². The largest absolute Gasteiger partial charge is 0.322 e. The van der Waals surface area contributed by atoms with Gasteiger partial charge in [-0.05, 0) is 24.3 Å². The predicted molar refractivity (Wildman–Crippen MR) is 87.6 cm³/mol. The lowest BCUT2D eigenvalue weighted by atomic mass is 10.3. The van der Waals surface area contributed by atoms with E-state index in [2.05, 4.69) is 18.9 Å². The molecule has 0 spiro atoms. The van der Waals surface area contributed by atoms with E-state index < -0.39 is 0 Å². The molecule has 2 amide bonds. The van der Waals surface area contributed by atoms with Crippen LogP contribution in [0.5, 0.6) is 0 Å². The van der Waals surface area contributed by atoms with Gasteiger partial charge in [-0.1, -0.05) is 24.2 Å². The Bertz CT molecular complexity index is 520. The van der Waals surface area contributed by atoms with Crippen LogP contribution in [0.3, 0.4) is 0 Å². The van der Waals surface area contributed by atoms with Crippen LogP contribution in [0.25, 0.3) is 0 Å². The summed E-state index contributed by atoms with van der Waals surface area (Å²) in [6.45, 7) is 8.36. The van der Waals surface area contributed by atoms with Crippen molar-refractivity contribution in [2.24, 2.45) is 0 Å². The summed E-state index contributed by atoms with van der Waals surface area (Å²) >= 11 is 5.94. The molecule has 1 heterocycles. The average molecular weight is 309 g/mol. The third-order valence-corrected chi connectivity index (χ3v) is 4.20. The van der Waals surface area contributed by atoms with Gasteiger partial charge in [0.05, 0.1) is 33.2 Å². The Hall–Kier alpha value is -1.52. The number of nitrogens with zero attached hydrogens (tertiary/aromatic N) is 2. The number of hydrogen-bond acceptors (Lipinski definition) is 1.